The maximum absolute atomic E-state index is 11.6. The van der Waals surface area contributed by atoms with E-state index in [0.29, 0.717) is 10.6 Å². The Morgan fingerprint density at radius 3 is 2.31 bits per heavy atom. The summed E-state index contributed by atoms with van der Waals surface area (Å²) in [5.41, 5.74) is 3.02. The van der Waals surface area contributed by atoms with E-state index in [1.165, 1.54) is 23.5 Å². The first kappa shape index (κ1) is 13.4. The molecule has 86 valence electrons. The number of carbonyl (C=O) groups is 1. The summed E-state index contributed by atoms with van der Waals surface area (Å²) in [6, 6.07) is 6.66. The summed E-state index contributed by atoms with van der Waals surface area (Å²) in [6.45, 7) is 0. The molecule has 0 spiro atoms. The Balaban J connectivity index is 2.66. The van der Waals surface area contributed by atoms with Gasteiger partial charge in [0.15, 0.2) is 0 Å². The quantitative estimate of drug-likeness (QED) is 0.512. The molecule has 0 aromatic heterocycles. The Morgan fingerprint density at radius 2 is 1.81 bits per heavy atom. The Morgan fingerprint density at radius 1 is 1.25 bits per heavy atom. The Kier molecular flexibility index (Phi) is 5.73. The molecule has 3 nitrogen and oxygen atoms in total. The van der Waals surface area contributed by atoms with Crippen molar-refractivity contribution in [2.45, 2.75) is 0 Å². The van der Waals surface area contributed by atoms with Crippen LogP contribution in [0.3, 0.4) is 0 Å². The van der Waals surface area contributed by atoms with Crippen LogP contribution in [0.25, 0.3) is 0 Å². The zero-order valence-corrected chi connectivity index (χ0v) is 11.2. The third-order valence-electron chi connectivity index (χ3n) is 1.70. The number of hydrogen-bond donors (Lipinski definition) is 1. The van der Waals surface area contributed by atoms with Crippen LogP contribution in [0.4, 0.5) is 0 Å². The molecule has 1 amide bonds. The lowest BCUT2D eigenvalue weighted by atomic mass is 10.2. The minimum absolute atomic E-state index is 0.239. The van der Waals surface area contributed by atoms with E-state index >= 15 is 0 Å². The van der Waals surface area contributed by atoms with Crippen LogP contribution >= 0.6 is 35.1 Å². The molecule has 1 aromatic rings. The van der Waals surface area contributed by atoms with Crippen LogP contribution in [0, 0.1) is 0 Å². The number of hydrogen-bond acceptors (Lipinski definition) is 4. The van der Waals surface area contributed by atoms with Crippen LogP contribution in [-0.2, 0) is 0 Å². The molecule has 16 heavy (non-hydrogen) atoms. The minimum Gasteiger partial charge on any atom is -0.267 e. The van der Waals surface area contributed by atoms with E-state index in [2.05, 4.69) is 10.5 Å². The number of amides is 1. The number of benzene rings is 1. The van der Waals surface area contributed by atoms with Gasteiger partial charge in [-0.25, -0.2) is 5.43 Å². The maximum Gasteiger partial charge on any atom is 0.271 e. The number of carbonyl (C=O) groups excluding carboxylic acids is 1. The van der Waals surface area contributed by atoms with Crippen LogP contribution in [0.5, 0.6) is 0 Å². The predicted octanol–water partition coefficient (Wildman–Crippen LogP) is 3.07. The van der Waals surface area contributed by atoms with Gasteiger partial charge in [-0.3, -0.25) is 4.79 Å². The number of nitrogens with one attached hydrogen (secondary N) is 1. The van der Waals surface area contributed by atoms with Crippen molar-refractivity contribution < 1.29 is 4.79 Å². The zero-order chi connectivity index (χ0) is 12.0. The number of nitrogens with zero attached hydrogens (tertiary/aromatic N) is 1. The molecule has 6 heteroatoms. The van der Waals surface area contributed by atoms with E-state index in [-0.39, 0.29) is 5.91 Å². The molecule has 0 bridgehead atoms. The van der Waals surface area contributed by atoms with Crippen molar-refractivity contribution in [3.63, 3.8) is 0 Å². The number of thioether (sulfide) groups is 2. The fourth-order valence-corrected chi connectivity index (χ4v) is 2.00. The van der Waals surface area contributed by atoms with Crippen LogP contribution in [-0.4, -0.2) is 22.8 Å². The number of hydrazone groups is 1. The van der Waals surface area contributed by atoms with E-state index in [1.807, 2.05) is 12.5 Å². The fourth-order valence-electron chi connectivity index (χ4n) is 0.937. The molecule has 0 aliphatic rings. The van der Waals surface area contributed by atoms with Crippen LogP contribution in [0.1, 0.15) is 10.4 Å². The zero-order valence-electron chi connectivity index (χ0n) is 8.86. The second-order valence-electron chi connectivity index (χ2n) is 2.73. The summed E-state index contributed by atoms with van der Waals surface area (Å²) in [6.07, 6.45) is 3.81. The van der Waals surface area contributed by atoms with Crippen molar-refractivity contribution in [1.82, 2.24) is 5.43 Å². The van der Waals surface area contributed by atoms with Gasteiger partial charge in [-0.05, 0) is 36.8 Å². The van der Waals surface area contributed by atoms with Gasteiger partial charge in [-0.15, -0.1) is 23.5 Å². The van der Waals surface area contributed by atoms with Crippen LogP contribution in [0.2, 0.25) is 5.02 Å². The third kappa shape index (κ3) is 4.08. The summed E-state index contributed by atoms with van der Waals surface area (Å²) in [4.78, 5) is 11.6. The lowest BCUT2D eigenvalue weighted by Gasteiger charge is -2.01. The first-order valence-corrected chi connectivity index (χ1v) is 7.21. The molecule has 0 atom stereocenters. The minimum atomic E-state index is -0.239. The van der Waals surface area contributed by atoms with Gasteiger partial charge in [0.05, 0.1) is 0 Å². The monoisotopic (exact) mass is 274 g/mol. The summed E-state index contributed by atoms with van der Waals surface area (Å²) >= 11 is 8.70. The highest BCUT2D eigenvalue weighted by Crippen LogP contribution is 2.11. The van der Waals surface area contributed by atoms with Gasteiger partial charge < -0.3 is 0 Å². The van der Waals surface area contributed by atoms with Gasteiger partial charge >= 0.3 is 0 Å². The highest BCUT2D eigenvalue weighted by molar-refractivity contribution is 8.38. The Hall–Kier alpha value is -0.650. The molecule has 0 saturated heterocycles. The first-order chi connectivity index (χ1) is 7.67. The van der Waals surface area contributed by atoms with Gasteiger partial charge in [-0.2, -0.15) is 5.10 Å². The summed E-state index contributed by atoms with van der Waals surface area (Å²) in [7, 11) is 0. The normalized spacial score (nSPS) is 9.69. The van der Waals surface area contributed by atoms with E-state index in [1.54, 1.807) is 24.3 Å². The molecule has 0 saturated carbocycles. The third-order valence-corrected chi connectivity index (χ3v) is 3.84. The van der Waals surface area contributed by atoms with Crippen molar-refractivity contribution in [2.24, 2.45) is 5.10 Å². The molecule has 1 rings (SSSR count). The lowest BCUT2D eigenvalue weighted by Crippen LogP contribution is -2.18. The largest absolute Gasteiger partial charge is 0.271 e. The van der Waals surface area contributed by atoms with Crippen molar-refractivity contribution >= 4 is 45.4 Å². The molecule has 0 aliphatic heterocycles. The van der Waals surface area contributed by atoms with Gasteiger partial charge in [-0.1, -0.05) is 11.6 Å². The molecule has 0 radical (unpaired) electrons. The summed E-state index contributed by atoms with van der Waals surface area (Å²) in [5.74, 6) is -0.239. The number of rotatable bonds is 2. The SMILES string of the molecule is CSC(=NNC(=O)c1ccc(Cl)cc1)SC. The molecular formula is C10H11ClN2OS2. The van der Waals surface area contributed by atoms with E-state index in [4.69, 9.17) is 11.6 Å². The molecule has 0 fully saturated rings. The molecule has 0 unspecified atom stereocenters. The summed E-state index contributed by atoms with van der Waals surface area (Å²) < 4.78 is 0.808. The fraction of sp³-hybridized carbons (Fsp3) is 0.200. The molecule has 1 N–H and O–H groups in total. The van der Waals surface area contributed by atoms with Gasteiger partial charge in [0.1, 0.15) is 4.38 Å². The molecule has 1 aromatic carbocycles. The van der Waals surface area contributed by atoms with Crippen LogP contribution in [0.15, 0.2) is 29.4 Å². The van der Waals surface area contributed by atoms with Crippen molar-refractivity contribution in [1.29, 1.82) is 0 Å². The van der Waals surface area contributed by atoms with E-state index in [9.17, 15) is 4.79 Å². The van der Waals surface area contributed by atoms with Crippen molar-refractivity contribution in [3.05, 3.63) is 34.9 Å². The van der Waals surface area contributed by atoms with Gasteiger partial charge in [0.25, 0.3) is 5.91 Å². The second kappa shape index (κ2) is 6.83. The predicted molar refractivity (Wildman–Crippen MR) is 73.4 cm³/mol. The first-order valence-electron chi connectivity index (χ1n) is 4.39. The highest BCUT2D eigenvalue weighted by Gasteiger charge is 2.04. The van der Waals surface area contributed by atoms with Crippen LogP contribution < -0.4 is 5.43 Å². The van der Waals surface area contributed by atoms with Gasteiger partial charge in [0.2, 0.25) is 0 Å². The van der Waals surface area contributed by atoms with E-state index < -0.39 is 0 Å². The highest BCUT2D eigenvalue weighted by atomic mass is 35.5. The maximum atomic E-state index is 11.6. The second-order valence-corrected chi connectivity index (χ2v) is 5.02. The molecule has 0 heterocycles. The Bertz CT molecular complexity index is 386. The van der Waals surface area contributed by atoms with E-state index in [0.717, 1.165) is 4.38 Å². The molecule has 0 aliphatic carbocycles. The average Bonchev–Trinajstić information content (AvgIpc) is 2.31. The standard InChI is InChI=1S/C10H11ClN2OS2/c1-15-10(16-2)13-12-9(14)7-3-5-8(11)6-4-7/h3-6H,1-2H3,(H,12,14). The molecular weight excluding hydrogens is 264 g/mol. The summed E-state index contributed by atoms with van der Waals surface area (Å²) in [5, 5.41) is 4.58. The lowest BCUT2D eigenvalue weighted by molar-refractivity contribution is 0.0955. The van der Waals surface area contributed by atoms with Crippen molar-refractivity contribution in [3.8, 4) is 0 Å². The Labute approximate surface area is 108 Å². The van der Waals surface area contributed by atoms with Crippen molar-refractivity contribution in [2.75, 3.05) is 12.5 Å². The average molecular weight is 275 g/mol. The topological polar surface area (TPSA) is 41.5 Å². The number of halogens is 1. The van der Waals surface area contributed by atoms with Gasteiger partial charge in [0, 0.05) is 10.6 Å². The smallest absolute Gasteiger partial charge is 0.267 e.